The number of carbonyl (C=O) groups is 2. The van der Waals surface area contributed by atoms with Gasteiger partial charge in [-0.3, -0.25) is 4.79 Å². The summed E-state index contributed by atoms with van der Waals surface area (Å²) < 4.78 is 0. The number of halogens is 1. The van der Waals surface area contributed by atoms with Crippen molar-refractivity contribution in [1.82, 2.24) is 5.32 Å². The summed E-state index contributed by atoms with van der Waals surface area (Å²) in [5.74, 6) is -0.375. The molecule has 0 heterocycles. The number of amides is 1. The highest BCUT2D eigenvalue weighted by Gasteiger charge is 2.64. The SMILES string of the molecule is CC1(C)CC1(NC=O)C(=CCCCCCl)C(=O)O. The van der Waals surface area contributed by atoms with Crippen LogP contribution in [0.5, 0.6) is 0 Å². The molecule has 5 heteroatoms. The van der Waals surface area contributed by atoms with Gasteiger partial charge in [0, 0.05) is 5.88 Å². The number of unbranched alkanes of at least 4 members (excludes halogenated alkanes) is 2. The van der Waals surface area contributed by atoms with Crippen molar-refractivity contribution in [3.8, 4) is 0 Å². The molecule has 2 N–H and O–H groups in total. The summed E-state index contributed by atoms with van der Waals surface area (Å²) in [7, 11) is 0. The van der Waals surface area contributed by atoms with Crippen LogP contribution in [0.15, 0.2) is 11.6 Å². The average molecular weight is 274 g/mol. The highest BCUT2D eigenvalue weighted by Crippen LogP contribution is 2.59. The van der Waals surface area contributed by atoms with Crippen molar-refractivity contribution in [2.75, 3.05) is 5.88 Å². The minimum Gasteiger partial charge on any atom is -0.478 e. The zero-order chi connectivity index (χ0) is 13.8. The Morgan fingerprint density at radius 2 is 2.06 bits per heavy atom. The predicted molar refractivity (Wildman–Crippen MR) is 70.6 cm³/mol. The van der Waals surface area contributed by atoms with Gasteiger partial charge >= 0.3 is 5.97 Å². The van der Waals surface area contributed by atoms with Crippen LogP contribution in [0.2, 0.25) is 0 Å². The highest BCUT2D eigenvalue weighted by atomic mass is 35.5. The van der Waals surface area contributed by atoms with Crippen molar-refractivity contribution in [3.63, 3.8) is 0 Å². The van der Waals surface area contributed by atoms with Crippen LogP contribution in [-0.4, -0.2) is 28.9 Å². The summed E-state index contributed by atoms with van der Waals surface area (Å²) in [6.45, 7) is 3.91. The molecule has 1 fully saturated rings. The van der Waals surface area contributed by atoms with E-state index in [1.807, 2.05) is 13.8 Å². The average Bonchev–Trinajstić information content (AvgIpc) is 2.81. The molecule has 4 nitrogen and oxygen atoms in total. The molecular weight excluding hydrogens is 254 g/mol. The molecule has 1 aliphatic rings. The smallest absolute Gasteiger partial charge is 0.333 e. The van der Waals surface area contributed by atoms with Crippen LogP contribution in [0.1, 0.15) is 39.5 Å². The maximum Gasteiger partial charge on any atom is 0.333 e. The second-order valence-electron chi connectivity index (χ2n) is 5.34. The largest absolute Gasteiger partial charge is 0.478 e. The molecule has 1 saturated carbocycles. The number of rotatable bonds is 8. The minimum absolute atomic E-state index is 0.204. The van der Waals surface area contributed by atoms with Gasteiger partial charge in [-0.15, -0.1) is 11.6 Å². The molecule has 0 radical (unpaired) electrons. The number of allylic oxidation sites excluding steroid dienone is 1. The molecule has 1 atom stereocenters. The number of nitrogens with one attached hydrogen (secondary N) is 1. The summed E-state index contributed by atoms with van der Waals surface area (Å²) in [5.41, 5.74) is -0.610. The first kappa shape index (κ1) is 15.0. The fourth-order valence-corrected chi connectivity index (χ4v) is 2.62. The molecule has 0 aromatic carbocycles. The lowest BCUT2D eigenvalue weighted by Crippen LogP contribution is -2.39. The maximum absolute atomic E-state index is 11.4. The number of alkyl halides is 1. The van der Waals surface area contributed by atoms with Crippen LogP contribution in [0.3, 0.4) is 0 Å². The Balaban J connectivity index is 2.84. The first-order valence-electron chi connectivity index (χ1n) is 6.12. The summed E-state index contributed by atoms with van der Waals surface area (Å²) >= 11 is 5.58. The van der Waals surface area contributed by atoms with Gasteiger partial charge in [0.25, 0.3) is 0 Å². The zero-order valence-electron chi connectivity index (χ0n) is 10.8. The Labute approximate surface area is 112 Å². The lowest BCUT2D eigenvalue weighted by molar-refractivity contribution is -0.133. The molecule has 0 aromatic heterocycles. The quantitative estimate of drug-likeness (QED) is 0.309. The minimum atomic E-state index is -0.958. The first-order valence-corrected chi connectivity index (χ1v) is 6.66. The van der Waals surface area contributed by atoms with Crippen molar-refractivity contribution in [2.45, 2.75) is 45.1 Å². The van der Waals surface area contributed by atoms with Gasteiger partial charge in [-0.2, -0.15) is 0 Å². The third kappa shape index (κ3) is 2.86. The molecule has 0 bridgehead atoms. The fourth-order valence-electron chi connectivity index (χ4n) is 2.43. The zero-order valence-corrected chi connectivity index (χ0v) is 11.6. The van der Waals surface area contributed by atoms with Crippen LogP contribution in [0.4, 0.5) is 0 Å². The van der Waals surface area contributed by atoms with E-state index in [2.05, 4.69) is 5.32 Å². The normalized spacial score (nSPS) is 25.6. The Morgan fingerprint density at radius 1 is 1.44 bits per heavy atom. The molecule has 18 heavy (non-hydrogen) atoms. The van der Waals surface area contributed by atoms with E-state index in [9.17, 15) is 14.7 Å². The molecule has 1 unspecified atom stereocenters. The number of hydrogen-bond donors (Lipinski definition) is 2. The summed E-state index contributed by atoms with van der Waals surface area (Å²) in [6, 6.07) is 0. The Morgan fingerprint density at radius 3 is 2.44 bits per heavy atom. The van der Waals surface area contributed by atoms with E-state index in [1.54, 1.807) is 6.08 Å². The van der Waals surface area contributed by atoms with Gasteiger partial charge in [-0.25, -0.2) is 4.79 Å². The van der Waals surface area contributed by atoms with Crippen LogP contribution < -0.4 is 5.32 Å². The molecule has 1 amide bonds. The maximum atomic E-state index is 11.4. The summed E-state index contributed by atoms with van der Waals surface area (Å²) in [4.78, 5) is 22.1. The topological polar surface area (TPSA) is 66.4 Å². The predicted octanol–water partition coefficient (Wildman–Crippen LogP) is 2.32. The lowest BCUT2D eigenvalue weighted by atomic mass is 9.94. The van der Waals surface area contributed by atoms with E-state index < -0.39 is 11.5 Å². The summed E-state index contributed by atoms with van der Waals surface area (Å²) in [6.07, 6.45) is 5.36. The van der Waals surface area contributed by atoms with Crippen LogP contribution >= 0.6 is 11.6 Å². The van der Waals surface area contributed by atoms with E-state index in [0.717, 1.165) is 12.8 Å². The Kier molecular flexibility index (Phi) is 4.79. The van der Waals surface area contributed by atoms with Crippen LogP contribution in [-0.2, 0) is 9.59 Å². The fraction of sp³-hybridized carbons (Fsp3) is 0.692. The molecule has 0 aromatic rings. The van der Waals surface area contributed by atoms with Crippen molar-refractivity contribution < 1.29 is 14.7 Å². The van der Waals surface area contributed by atoms with Gasteiger partial charge in [-0.1, -0.05) is 19.9 Å². The third-order valence-corrected chi connectivity index (χ3v) is 3.94. The first-order chi connectivity index (χ1) is 8.41. The molecule has 1 aliphatic carbocycles. The molecule has 102 valence electrons. The van der Waals surface area contributed by atoms with Crippen LogP contribution in [0.25, 0.3) is 0 Å². The van der Waals surface area contributed by atoms with E-state index in [4.69, 9.17) is 11.6 Å². The molecule has 0 aliphatic heterocycles. The molecule has 1 rings (SSSR count). The van der Waals surface area contributed by atoms with E-state index in [-0.39, 0.29) is 5.41 Å². The standard InChI is InChI=1S/C13H20ClNO3/c1-12(2)8-13(12,15-9-16)10(11(17)18)6-4-3-5-7-14/h6,9H,3-5,7-8H2,1-2H3,(H,15,16)(H,17,18). The number of carbonyl (C=O) groups excluding carboxylic acids is 1. The summed E-state index contributed by atoms with van der Waals surface area (Å²) in [5, 5.41) is 12.0. The van der Waals surface area contributed by atoms with Gasteiger partial charge < -0.3 is 10.4 Å². The number of aliphatic carboxylic acids is 1. The lowest BCUT2D eigenvalue weighted by Gasteiger charge is -2.20. The van der Waals surface area contributed by atoms with E-state index in [0.29, 0.717) is 30.7 Å². The van der Waals surface area contributed by atoms with Crippen LogP contribution in [0, 0.1) is 5.41 Å². The highest BCUT2D eigenvalue weighted by molar-refractivity contribution is 6.17. The molecule has 0 spiro atoms. The molecular formula is C13H20ClNO3. The van der Waals surface area contributed by atoms with Crippen molar-refractivity contribution in [1.29, 1.82) is 0 Å². The van der Waals surface area contributed by atoms with Gasteiger partial charge in [0.05, 0.1) is 11.1 Å². The monoisotopic (exact) mass is 273 g/mol. The van der Waals surface area contributed by atoms with Crippen molar-refractivity contribution in [2.24, 2.45) is 5.41 Å². The van der Waals surface area contributed by atoms with Crippen molar-refractivity contribution in [3.05, 3.63) is 11.6 Å². The van der Waals surface area contributed by atoms with E-state index >= 15 is 0 Å². The van der Waals surface area contributed by atoms with Gasteiger partial charge in [0.1, 0.15) is 0 Å². The second-order valence-corrected chi connectivity index (χ2v) is 5.71. The third-order valence-electron chi connectivity index (χ3n) is 3.67. The van der Waals surface area contributed by atoms with Gasteiger partial charge in [-0.05, 0) is 31.1 Å². The van der Waals surface area contributed by atoms with Gasteiger partial charge in [0.15, 0.2) is 0 Å². The Hall–Kier alpha value is -1.03. The second kappa shape index (κ2) is 5.74. The van der Waals surface area contributed by atoms with Crippen molar-refractivity contribution >= 4 is 24.0 Å². The van der Waals surface area contributed by atoms with Gasteiger partial charge in [0.2, 0.25) is 6.41 Å². The van der Waals surface area contributed by atoms with E-state index in [1.165, 1.54) is 0 Å². The number of hydrogen-bond acceptors (Lipinski definition) is 2. The number of carboxylic acid groups (broad SMARTS) is 1. The molecule has 0 saturated heterocycles. The number of carboxylic acids is 1. The Bertz CT molecular complexity index is 365.